The Morgan fingerprint density at radius 3 is 1.12 bits per heavy atom. The van der Waals surface area contributed by atoms with E-state index in [2.05, 4.69) is 72.3 Å². The van der Waals surface area contributed by atoms with Crippen LogP contribution in [0.2, 0.25) is 20.1 Å². The van der Waals surface area contributed by atoms with Crippen LogP contribution < -0.4 is 21.7 Å². The molecule has 12 aromatic rings. The summed E-state index contributed by atoms with van der Waals surface area (Å²) in [5.41, 5.74) is 14.4. The van der Waals surface area contributed by atoms with Crippen LogP contribution >= 0.6 is 58.0 Å². The third-order valence-electron chi connectivity index (χ3n) is 15.5. The topological polar surface area (TPSA) is 209 Å². The monoisotopic (exact) mass is 1350 g/mol. The number of carbonyl (C=O) groups excluding carboxylic acids is 4. The van der Waals surface area contributed by atoms with Crippen molar-refractivity contribution in [3.05, 3.63) is 332 Å². The average molecular weight is 1350 g/mol. The van der Waals surface area contributed by atoms with Crippen LogP contribution in [0, 0.1) is 0 Å². The summed E-state index contributed by atoms with van der Waals surface area (Å²) < 4.78 is 14.4. The number of ether oxygens (including phenoxy) is 2. The maximum absolute atomic E-state index is 13.6. The van der Waals surface area contributed by atoms with Crippen molar-refractivity contribution in [2.24, 2.45) is 0 Å². The van der Waals surface area contributed by atoms with Crippen LogP contribution in [0.3, 0.4) is 0 Å². The number of rotatable bonds is 19. The molecule has 0 unspecified atom stereocenters. The highest BCUT2D eigenvalue weighted by molar-refractivity contribution is 6.69. The molecule has 476 valence electrons. The number of nitrogens with two attached hydrogens (primary N) is 1. The van der Waals surface area contributed by atoms with E-state index >= 15 is 0 Å². The van der Waals surface area contributed by atoms with Gasteiger partial charge in [0.15, 0.2) is 11.3 Å². The van der Waals surface area contributed by atoms with Crippen LogP contribution in [-0.4, -0.2) is 78.1 Å². The van der Waals surface area contributed by atoms with Crippen molar-refractivity contribution in [2.75, 3.05) is 25.3 Å². The number of halogens is 5. The summed E-state index contributed by atoms with van der Waals surface area (Å²) in [6, 6.07) is 66.5. The van der Waals surface area contributed by atoms with E-state index in [9.17, 15) is 19.2 Å². The minimum absolute atomic E-state index is 0. The molecule has 0 fully saturated rings. The highest BCUT2D eigenvalue weighted by Gasteiger charge is 2.42. The number of nitrogens with zero attached hydrogens (tertiary/aromatic N) is 6. The van der Waals surface area contributed by atoms with Crippen LogP contribution in [-0.2, 0) is 43.0 Å². The predicted molar refractivity (Wildman–Crippen MR) is 372 cm³/mol. The van der Waals surface area contributed by atoms with Crippen molar-refractivity contribution < 1.29 is 28.7 Å². The normalized spacial score (nSPS) is 11.8. The van der Waals surface area contributed by atoms with Gasteiger partial charge in [0.25, 0.3) is 11.1 Å². The Hall–Kier alpha value is -9.75. The number of hydrogen-bond donors (Lipinski definition) is 4. The number of aromatic nitrogens is 6. The van der Waals surface area contributed by atoms with Gasteiger partial charge in [-0.15, -0.1) is 0 Å². The summed E-state index contributed by atoms with van der Waals surface area (Å²) in [6.45, 7) is 0. The SMILES string of the molecule is C.COC(=O)[C@H](Cc1ccc(N)c2nccn12)NC(c1ccccc1)(c1ccccc1)c1ccccc1.COC(=O)[C@H](Cc1ccc(NC(=O)c2c(Cl)cncc2Cl)c2nccn12)NC(c1ccccc1)(c1ccccc1)c1ccccc1.O=C(Cl)c1c(Cl)cncc1Cl. The van der Waals surface area contributed by atoms with Gasteiger partial charge in [-0.05, 0) is 69.2 Å². The predicted octanol–water partition coefficient (Wildman–Crippen LogP) is 14.9. The van der Waals surface area contributed by atoms with E-state index in [0.717, 1.165) is 44.8 Å². The molecule has 0 aliphatic rings. The molecule has 0 aliphatic heterocycles. The number of imidazole rings is 2. The fourth-order valence-corrected chi connectivity index (χ4v) is 12.6. The lowest BCUT2D eigenvalue weighted by molar-refractivity contribution is -0.144. The van der Waals surface area contributed by atoms with E-state index in [4.69, 9.17) is 73.2 Å². The second-order valence-corrected chi connectivity index (χ2v) is 23.0. The molecule has 5 N–H and O–H groups in total. The Kier molecular flexibility index (Phi) is 23.2. The van der Waals surface area contributed by atoms with Gasteiger partial charge in [0.05, 0.1) is 67.9 Å². The molecule has 12 rings (SSSR count). The first-order chi connectivity index (χ1) is 45.2. The van der Waals surface area contributed by atoms with Crippen molar-refractivity contribution in [1.29, 1.82) is 0 Å². The number of fused-ring (bicyclic) bond motifs is 2. The van der Waals surface area contributed by atoms with Crippen molar-refractivity contribution >= 4 is 104 Å². The second kappa shape index (κ2) is 31.7. The number of nitrogens with one attached hydrogen (secondary N) is 3. The van der Waals surface area contributed by atoms with Crippen molar-refractivity contribution in [3.63, 3.8) is 0 Å². The van der Waals surface area contributed by atoms with Crippen LogP contribution in [0.1, 0.15) is 72.9 Å². The fourth-order valence-electron chi connectivity index (χ4n) is 11.2. The number of hydrogen-bond acceptors (Lipinski definition) is 13. The first-order valence-electron chi connectivity index (χ1n) is 29.0. The maximum atomic E-state index is 13.6. The smallest absolute Gasteiger partial charge is 0.323 e. The molecule has 21 heteroatoms. The number of carbonyl (C=O) groups is 4. The molecule has 6 heterocycles. The molecule has 0 saturated heterocycles. The number of amides is 1. The number of pyridine rings is 4. The second-order valence-electron chi connectivity index (χ2n) is 21.0. The third kappa shape index (κ3) is 15.0. The van der Waals surface area contributed by atoms with Crippen molar-refractivity contribution in [2.45, 2.75) is 43.4 Å². The Balaban J connectivity index is 0.000000192. The van der Waals surface area contributed by atoms with Gasteiger partial charge >= 0.3 is 11.9 Å². The fraction of sp³-hybridized carbons (Fsp3) is 0.123. The molecular formula is C73H63Cl5N10O6. The van der Waals surface area contributed by atoms with Gasteiger partial charge in [-0.25, -0.2) is 9.97 Å². The molecule has 2 atom stereocenters. The summed E-state index contributed by atoms with van der Waals surface area (Å²) in [6.07, 6.45) is 12.9. The van der Waals surface area contributed by atoms with Gasteiger partial charge in [0, 0.05) is 73.8 Å². The summed E-state index contributed by atoms with van der Waals surface area (Å²) in [4.78, 5) is 67.1. The van der Waals surface area contributed by atoms with E-state index in [1.807, 2.05) is 179 Å². The minimum atomic E-state index is -0.909. The lowest BCUT2D eigenvalue weighted by Crippen LogP contribution is -2.53. The van der Waals surface area contributed by atoms with Gasteiger partial charge in [0.2, 0.25) is 0 Å². The molecule has 0 radical (unpaired) electrons. The number of methoxy groups -OCH3 is 2. The zero-order valence-corrected chi connectivity index (χ0v) is 53.7. The van der Waals surface area contributed by atoms with Gasteiger partial charge < -0.3 is 29.3 Å². The lowest BCUT2D eigenvalue weighted by atomic mass is 9.76. The van der Waals surface area contributed by atoms with Gasteiger partial charge in [-0.1, -0.05) is 236 Å². The van der Waals surface area contributed by atoms with E-state index < -0.39 is 40.3 Å². The lowest BCUT2D eigenvalue weighted by Gasteiger charge is -2.39. The Labute approximate surface area is 568 Å². The first-order valence-corrected chi connectivity index (χ1v) is 30.9. The molecule has 94 heavy (non-hydrogen) atoms. The van der Waals surface area contributed by atoms with Crippen LogP contribution in [0.25, 0.3) is 11.3 Å². The van der Waals surface area contributed by atoms with Crippen LogP contribution in [0.5, 0.6) is 0 Å². The first kappa shape index (κ1) is 68.6. The molecule has 1 amide bonds. The molecule has 0 saturated carbocycles. The van der Waals surface area contributed by atoms with Crippen molar-refractivity contribution in [1.82, 2.24) is 39.4 Å². The number of benzene rings is 6. The Morgan fingerprint density at radius 2 is 0.787 bits per heavy atom. The number of nitrogen functional groups attached to an aromatic ring is 1. The molecule has 0 bridgehead atoms. The quantitative estimate of drug-likeness (QED) is 0.0338. The number of anilines is 2. The minimum Gasteiger partial charge on any atom is -0.468 e. The van der Waals surface area contributed by atoms with Crippen LogP contribution in [0.4, 0.5) is 11.4 Å². The third-order valence-corrected chi connectivity index (χ3v) is 16.8. The standard InChI is InChI=1S/C36H29Cl2N5O3.C30H28N4O2.C6H2Cl3NO.CH4/c1-46-35(45)31(42-36(24-11-5-2-6-12-24,25-13-7-3-8-14-25)26-15-9-4-10-16-26)21-27-17-18-30(33-40-19-20-43(27)33)41-34(44)32-28(37)22-39-23-29(32)38;1-36-29(35)27(21-25-17-18-26(31)28-32-19-20-34(25)28)33-30(22-11-5-2-6-12-22,23-13-7-3-8-14-23)24-15-9-4-10-16-24;7-3-1-10-2-4(8)5(3)6(9)11;/h2-20,22-23,31,42H,21H2,1H3,(H,41,44);2-20,27,33H,21,31H2,1H3;1-2H;1H4/t31-;27-;;/m00../s1. The molecule has 0 spiro atoms. The average Bonchev–Trinajstić information content (AvgIpc) is 0.859. The van der Waals surface area contributed by atoms with Crippen molar-refractivity contribution in [3.8, 4) is 0 Å². The van der Waals surface area contributed by atoms with Gasteiger partial charge in [-0.3, -0.25) is 39.8 Å². The molecule has 6 aromatic heterocycles. The van der Waals surface area contributed by atoms with E-state index in [0.29, 0.717) is 29.1 Å². The van der Waals surface area contributed by atoms with Crippen LogP contribution in [0.15, 0.2) is 256 Å². The Bertz CT molecular complexity index is 4300. The van der Waals surface area contributed by atoms with Gasteiger partial charge in [-0.2, -0.15) is 0 Å². The Morgan fingerprint density at radius 1 is 0.468 bits per heavy atom. The molecular weight excluding hydrogens is 1290 g/mol. The van der Waals surface area contributed by atoms with Gasteiger partial charge in [0.1, 0.15) is 12.1 Å². The summed E-state index contributed by atoms with van der Waals surface area (Å²) in [5, 5.41) is 10.3. The van der Waals surface area contributed by atoms with E-state index in [1.54, 1.807) is 24.7 Å². The molecule has 6 aromatic carbocycles. The largest absolute Gasteiger partial charge is 0.468 e. The zero-order valence-electron chi connectivity index (χ0n) is 49.9. The molecule has 16 nitrogen and oxygen atoms in total. The summed E-state index contributed by atoms with van der Waals surface area (Å²) in [5.74, 6) is -1.28. The zero-order chi connectivity index (χ0) is 65.5. The molecule has 0 aliphatic carbocycles. The maximum Gasteiger partial charge on any atom is 0.323 e. The summed E-state index contributed by atoms with van der Waals surface area (Å²) >= 11 is 28.8. The van der Waals surface area contributed by atoms with E-state index in [-0.39, 0.29) is 51.0 Å². The number of esters is 2. The van der Waals surface area contributed by atoms with E-state index in [1.165, 1.54) is 39.0 Å². The summed E-state index contributed by atoms with van der Waals surface area (Å²) in [7, 11) is 2.80. The highest BCUT2D eigenvalue weighted by atomic mass is 35.5. The highest BCUT2D eigenvalue weighted by Crippen LogP contribution is 2.40.